The molecule has 0 aliphatic heterocycles. The van der Waals surface area contributed by atoms with Crippen LogP contribution in [0.3, 0.4) is 0 Å². The average molecular weight is 300 g/mol. The Morgan fingerprint density at radius 1 is 0.739 bits per heavy atom. The molecule has 0 unspecified atom stereocenters. The molecule has 0 saturated heterocycles. The van der Waals surface area contributed by atoms with Crippen molar-refractivity contribution in [1.82, 2.24) is 9.97 Å². The number of fused-ring (bicyclic) bond motifs is 3. The van der Waals surface area contributed by atoms with Gasteiger partial charge in [-0.25, -0.2) is 0 Å². The van der Waals surface area contributed by atoms with Crippen molar-refractivity contribution in [3.63, 3.8) is 0 Å². The summed E-state index contributed by atoms with van der Waals surface area (Å²) in [6.07, 6.45) is 1.87. The SMILES string of the molecule is CC.Cc1ccc2ccc3c(-c4ccccc4)ccnc3c2n1. The first-order valence-corrected chi connectivity index (χ1v) is 8.03. The Morgan fingerprint density at radius 2 is 1.48 bits per heavy atom. The summed E-state index contributed by atoms with van der Waals surface area (Å²) in [5.74, 6) is 0. The van der Waals surface area contributed by atoms with E-state index in [0.29, 0.717) is 0 Å². The second kappa shape index (κ2) is 6.57. The van der Waals surface area contributed by atoms with Crippen LogP contribution in [-0.2, 0) is 0 Å². The van der Waals surface area contributed by atoms with Gasteiger partial charge >= 0.3 is 0 Å². The van der Waals surface area contributed by atoms with E-state index in [0.717, 1.165) is 27.5 Å². The van der Waals surface area contributed by atoms with Crippen LogP contribution in [0.4, 0.5) is 0 Å². The molecular formula is C21H20N2. The standard InChI is InChI=1S/C19H14N2.C2H6/c1-13-7-8-15-9-10-17-16(14-5-3-2-4-6-14)11-12-20-19(17)18(15)21-13;1-2/h2-12H,1H3;1-2H3. The fraction of sp³-hybridized carbons (Fsp3) is 0.143. The zero-order valence-corrected chi connectivity index (χ0v) is 13.7. The van der Waals surface area contributed by atoms with Crippen molar-refractivity contribution < 1.29 is 0 Å². The van der Waals surface area contributed by atoms with Gasteiger partial charge in [0.25, 0.3) is 0 Å². The van der Waals surface area contributed by atoms with Crippen LogP contribution in [0.25, 0.3) is 32.9 Å². The lowest BCUT2D eigenvalue weighted by Gasteiger charge is -2.08. The zero-order chi connectivity index (χ0) is 16.2. The molecule has 0 aliphatic carbocycles. The molecule has 0 amide bonds. The number of aryl methyl sites for hydroxylation is 1. The van der Waals surface area contributed by atoms with Crippen molar-refractivity contribution in [3.05, 3.63) is 72.6 Å². The maximum Gasteiger partial charge on any atom is 0.0970 e. The maximum atomic E-state index is 4.68. The summed E-state index contributed by atoms with van der Waals surface area (Å²) in [4.78, 5) is 9.25. The third-order valence-electron chi connectivity index (χ3n) is 3.79. The van der Waals surface area contributed by atoms with Gasteiger partial charge in [-0.1, -0.05) is 62.4 Å². The Labute approximate surface area is 136 Å². The summed E-state index contributed by atoms with van der Waals surface area (Å²) in [5, 5.41) is 2.28. The molecule has 4 rings (SSSR count). The number of hydrogen-bond acceptors (Lipinski definition) is 2. The van der Waals surface area contributed by atoms with Gasteiger partial charge in [-0.05, 0) is 30.2 Å². The molecule has 0 bridgehead atoms. The summed E-state index contributed by atoms with van der Waals surface area (Å²) >= 11 is 0. The van der Waals surface area contributed by atoms with E-state index in [-0.39, 0.29) is 0 Å². The highest BCUT2D eigenvalue weighted by Gasteiger charge is 2.08. The fourth-order valence-corrected chi connectivity index (χ4v) is 2.76. The van der Waals surface area contributed by atoms with Crippen LogP contribution in [0.15, 0.2) is 66.9 Å². The summed E-state index contributed by atoms with van der Waals surface area (Å²) in [5.41, 5.74) is 5.37. The van der Waals surface area contributed by atoms with Crippen LogP contribution >= 0.6 is 0 Å². The van der Waals surface area contributed by atoms with Crippen LogP contribution in [-0.4, -0.2) is 9.97 Å². The van der Waals surface area contributed by atoms with Gasteiger partial charge in [0, 0.05) is 22.7 Å². The number of pyridine rings is 2. The first kappa shape index (κ1) is 15.2. The molecule has 0 N–H and O–H groups in total. The van der Waals surface area contributed by atoms with E-state index in [9.17, 15) is 0 Å². The molecule has 2 nitrogen and oxygen atoms in total. The minimum Gasteiger partial charge on any atom is -0.254 e. The van der Waals surface area contributed by atoms with E-state index in [1.165, 1.54) is 11.1 Å². The van der Waals surface area contributed by atoms with Gasteiger partial charge in [0.05, 0.1) is 11.0 Å². The van der Waals surface area contributed by atoms with E-state index >= 15 is 0 Å². The first-order valence-electron chi connectivity index (χ1n) is 8.03. The second-order valence-corrected chi connectivity index (χ2v) is 5.21. The van der Waals surface area contributed by atoms with Crippen LogP contribution in [0.2, 0.25) is 0 Å². The van der Waals surface area contributed by atoms with E-state index < -0.39 is 0 Å². The number of benzene rings is 2. The molecular weight excluding hydrogens is 280 g/mol. The van der Waals surface area contributed by atoms with Crippen LogP contribution < -0.4 is 0 Å². The molecule has 0 spiro atoms. The van der Waals surface area contributed by atoms with Gasteiger partial charge < -0.3 is 0 Å². The van der Waals surface area contributed by atoms with Crippen molar-refractivity contribution in [2.24, 2.45) is 0 Å². The van der Waals surface area contributed by atoms with Crippen molar-refractivity contribution >= 4 is 21.8 Å². The number of hydrogen-bond donors (Lipinski definition) is 0. The minimum atomic E-state index is 0.970. The molecule has 23 heavy (non-hydrogen) atoms. The van der Waals surface area contributed by atoms with Gasteiger partial charge in [0.2, 0.25) is 0 Å². The van der Waals surface area contributed by atoms with E-state index in [2.05, 4.69) is 58.5 Å². The van der Waals surface area contributed by atoms with Crippen LogP contribution in [0.5, 0.6) is 0 Å². The van der Waals surface area contributed by atoms with E-state index in [1.54, 1.807) is 0 Å². The van der Waals surface area contributed by atoms with Gasteiger partial charge in [-0.15, -0.1) is 0 Å². The van der Waals surface area contributed by atoms with Crippen molar-refractivity contribution in [3.8, 4) is 11.1 Å². The summed E-state index contributed by atoms with van der Waals surface area (Å²) in [6.45, 7) is 6.01. The van der Waals surface area contributed by atoms with E-state index in [1.807, 2.05) is 39.1 Å². The summed E-state index contributed by atoms with van der Waals surface area (Å²) < 4.78 is 0. The van der Waals surface area contributed by atoms with Crippen LogP contribution in [0.1, 0.15) is 19.5 Å². The number of aromatic nitrogens is 2. The molecule has 2 aromatic heterocycles. The predicted octanol–water partition coefficient (Wildman–Crippen LogP) is 5.78. The Kier molecular flexibility index (Phi) is 4.33. The average Bonchev–Trinajstić information content (AvgIpc) is 2.63. The molecule has 2 aromatic carbocycles. The van der Waals surface area contributed by atoms with Gasteiger partial charge in [0.15, 0.2) is 0 Å². The quantitative estimate of drug-likeness (QED) is 0.416. The third kappa shape index (κ3) is 2.80. The largest absolute Gasteiger partial charge is 0.254 e. The van der Waals surface area contributed by atoms with Gasteiger partial charge in [-0.3, -0.25) is 9.97 Å². The smallest absolute Gasteiger partial charge is 0.0970 e. The highest BCUT2D eigenvalue weighted by Crippen LogP contribution is 2.30. The fourth-order valence-electron chi connectivity index (χ4n) is 2.76. The third-order valence-corrected chi connectivity index (χ3v) is 3.79. The van der Waals surface area contributed by atoms with Crippen molar-refractivity contribution in [1.29, 1.82) is 0 Å². The zero-order valence-electron chi connectivity index (χ0n) is 13.7. The lowest BCUT2D eigenvalue weighted by Crippen LogP contribution is -1.89. The molecule has 0 aliphatic rings. The minimum absolute atomic E-state index is 0.970. The summed E-state index contributed by atoms with van der Waals surface area (Å²) in [6, 6.07) is 20.9. The number of nitrogens with zero attached hydrogens (tertiary/aromatic N) is 2. The van der Waals surface area contributed by atoms with Gasteiger partial charge in [0.1, 0.15) is 0 Å². The molecule has 4 aromatic rings. The molecule has 0 fully saturated rings. The normalized spacial score (nSPS) is 10.4. The van der Waals surface area contributed by atoms with E-state index in [4.69, 9.17) is 0 Å². The summed E-state index contributed by atoms with van der Waals surface area (Å²) in [7, 11) is 0. The van der Waals surface area contributed by atoms with Crippen LogP contribution in [0, 0.1) is 6.92 Å². The molecule has 114 valence electrons. The molecule has 0 radical (unpaired) electrons. The highest BCUT2D eigenvalue weighted by atomic mass is 14.7. The molecule has 0 atom stereocenters. The topological polar surface area (TPSA) is 25.8 Å². The second-order valence-electron chi connectivity index (χ2n) is 5.21. The maximum absolute atomic E-state index is 4.68. The predicted molar refractivity (Wildman–Crippen MR) is 98.6 cm³/mol. The molecule has 2 heterocycles. The van der Waals surface area contributed by atoms with Gasteiger partial charge in [-0.2, -0.15) is 0 Å². The Bertz CT molecular complexity index is 944. The Morgan fingerprint density at radius 3 is 2.26 bits per heavy atom. The molecule has 2 heteroatoms. The highest BCUT2D eigenvalue weighted by molar-refractivity contribution is 6.08. The molecule has 0 saturated carbocycles. The van der Waals surface area contributed by atoms with Crippen molar-refractivity contribution in [2.45, 2.75) is 20.8 Å². The Balaban J connectivity index is 0.000000753. The van der Waals surface area contributed by atoms with Crippen molar-refractivity contribution in [2.75, 3.05) is 0 Å². The number of rotatable bonds is 1. The lowest BCUT2D eigenvalue weighted by molar-refractivity contribution is 1.25. The monoisotopic (exact) mass is 300 g/mol. The first-order chi connectivity index (χ1) is 11.3. The Hall–Kier alpha value is -2.74. The lowest BCUT2D eigenvalue weighted by atomic mass is 10.00.